The van der Waals surface area contributed by atoms with Gasteiger partial charge in [-0.25, -0.2) is 4.90 Å². The number of aryl methyl sites for hydroxylation is 1. The van der Waals surface area contributed by atoms with Crippen LogP contribution in [0.1, 0.15) is 12.0 Å². The van der Waals surface area contributed by atoms with Crippen LogP contribution in [0.2, 0.25) is 0 Å². The zero-order valence-electron chi connectivity index (χ0n) is 9.62. The first-order chi connectivity index (χ1) is 8.50. The molecule has 0 bridgehead atoms. The highest BCUT2D eigenvalue weighted by Crippen LogP contribution is 2.34. The standard InChI is InChI=1S/C12H11NO4S/c1-7-4-2-3-5-8(7)13-11(16)9(6-10(14)15)18-12(13)17/h2-5,9H,6H2,1H3,(H,14,15)/t9-/m0/s1. The van der Waals surface area contributed by atoms with Gasteiger partial charge < -0.3 is 5.11 Å². The zero-order chi connectivity index (χ0) is 13.3. The Morgan fingerprint density at radius 1 is 1.39 bits per heavy atom. The lowest BCUT2D eigenvalue weighted by Crippen LogP contribution is -2.32. The zero-order valence-corrected chi connectivity index (χ0v) is 10.4. The molecule has 1 aliphatic heterocycles. The monoisotopic (exact) mass is 265 g/mol. The second-order valence-corrected chi connectivity index (χ2v) is 5.08. The number of carbonyl (C=O) groups excluding carboxylic acids is 2. The Hall–Kier alpha value is -1.82. The maximum atomic E-state index is 12.0. The van der Waals surface area contributed by atoms with Crippen LogP contribution in [0, 0.1) is 6.92 Å². The van der Waals surface area contributed by atoms with Gasteiger partial charge in [-0.05, 0) is 30.3 Å². The van der Waals surface area contributed by atoms with Crippen LogP contribution in [0.4, 0.5) is 10.5 Å². The molecule has 1 aliphatic rings. The van der Waals surface area contributed by atoms with E-state index in [-0.39, 0.29) is 6.42 Å². The average molecular weight is 265 g/mol. The third kappa shape index (κ3) is 2.24. The van der Waals surface area contributed by atoms with E-state index in [1.165, 1.54) is 0 Å². The van der Waals surface area contributed by atoms with Crippen LogP contribution in [-0.2, 0) is 9.59 Å². The largest absolute Gasteiger partial charge is 0.481 e. The molecule has 5 nitrogen and oxygen atoms in total. The summed E-state index contributed by atoms with van der Waals surface area (Å²) in [5.74, 6) is -1.54. The minimum absolute atomic E-state index is 0.336. The van der Waals surface area contributed by atoms with E-state index in [1.807, 2.05) is 6.07 Å². The second kappa shape index (κ2) is 4.81. The van der Waals surface area contributed by atoms with Crippen LogP contribution < -0.4 is 4.90 Å². The number of hydrogen-bond donors (Lipinski definition) is 1. The smallest absolute Gasteiger partial charge is 0.305 e. The number of thioether (sulfide) groups is 1. The lowest BCUT2D eigenvalue weighted by molar-refractivity contribution is -0.138. The Bertz CT molecular complexity index is 529. The predicted molar refractivity (Wildman–Crippen MR) is 67.7 cm³/mol. The highest BCUT2D eigenvalue weighted by Gasteiger charge is 2.41. The van der Waals surface area contributed by atoms with Crippen molar-refractivity contribution in [1.82, 2.24) is 0 Å². The van der Waals surface area contributed by atoms with E-state index in [0.29, 0.717) is 5.69 Å². The molecule has 94 valence electrons. The molecule has 0 unspecified atom stereocenters. The number of carboxylic acids is 1. The Labute approximate surface area is 108 Å². The van der Waals surface area contributed by atoms with Crippen molar-refractivity contribution in [3.63, 3.8) is 0 Å². The number of imide groups is 1. The number of carboxylic acid groups (broad SMARTS) is 1. The van der Waals surface area contributed by atoms with E-state index < -0.39 is 22.4 Å². The summed E-state index contributed by atoms with van der Waals surface area (Å²) in [6.45, 7) is 1.80. The number of rotatable bonds is 3. The fourth-order valence-electron chi connectivity index (χ4n) is 1.78. The van der Waals surface area contributed by atoms with Crippen LogP contribution >= 0.6 is 11.8 Å². The minimum atomic E-state index is -1.08. The Balaban J connectivity index is 2.30. The van der Waals surface area contributed by atoms with E-state index in [1.54, 1.807) is 25.1 Å². The van der Waals surface area contributed by atoms with E-state index in [0.717, 1.165) is 22.2 Å². The van der Waals surface area contributed by atoms with Crippen LogP contribution in [0.25, 0.3) is 0 Å². The van der Waals surface area contributed by atoms with Crippen molar-refractivity contribution in [3.8, 4) is 0 Å². The van der Waals surface area contributed by atoms with Crippen molar-refractivity contribution in [3.05, 3.63) is 29.8 Å². The Kier molecular flexibility index (Phi) is 3.38. The van der Waals surface area contributed by atoms with Gasteiger partial charge in [0.25, 0.3) is 5.24 Å². The summed E-state index contributed by atoms with van der Waals surface area (Å²) in [7, 11) is 0. The van der Waals surface area contributed by atoms with Gasteiger partial charge >= 0.3 is 5.97 Å². The van der Waals surface area contributed by atoms with Crippen LogP contribution in [0.3, 0.4) is 0 Å². The molecular formula is C12H11NO4S. The molecule has 0 aromatic heterocycles. The molecule has 0 spiro atoms. The summed E-state index contributed by atoms with van der Waals surface area (Å²) < 4.78 is 0. The van der Waals surface area contributed by atoms with Crippen LogP contribution in [-0.4, -0.2) is 27.5 Å². The molecular weight excluding hydrogens is 254 g/mol. The van der Waals surface area contributed by atoms with Gasteiger partial charge in [-0.1, -0.05) is 18.2 Å². The lowest BCUT2D eigenvalue weighted by Gasteiger charge is -2.15. The topological polar surface area (TPSA) is 74.7 Å². The molecule has 6 heteroatoms. The van der Waals surface area contributed by atoms with Crippen LogP contribution in [0.15, 0.2) is 24.3 Å². The summed E-state index contributed by atoms with van der Waals surface area (Å²) >= 11 is 0.770. The first kappa shape index (κ1) is 12.6. The van der Waals surface area contributed by atoms with Crippen molar-refractivity contribution in [2.75, 3.05) is 4.90 Å². The van der Waals surface area contributed by atoms with Crippen molar-refractivity contribution < 1.29 is 19.5 Å². The van der Waals surface area contributed by atoms with Crippen molar-refractivity contribution in [1.29, 1.82) is 0 Å². The van der Waals surface area contributed by atoms with Gasteiger partial charge in [0.2, 0.25) is 5.91 Å². The van der Waals surface area contributed by atoms with Crippen LogP contribution in [0.5, 0.6) is 0 Å². The number of hydrogen-bond acceptors (Lipinski definition) is 4. The molecule has 0 saturated carbocycles. The van der Waals surface area contributed by atoms with E-state index in [2.05, 4.69) is 0 Å². The summed E-state index contributed by atoms with van der Waals surface area (Å²) in [6, 6.07) is 7.02. The molecule has 1 N–H and O–H groups in total. The average Bonchev–Trinajstić information content (AvgIpc) is 2.55. The molecule has 1 fully saturated rings. The molecule has 0 aliphatic carbocycles. The number of benzene rings is 1. The van der Waals surface area contributed by atoms with E-state index in [9.17, 15) is 14.4 Å². The molecule has 1 aromatic carbocycles. The quantitative estimate of drug-likeness (QED) is 0.905. The van der Waals surface area contributed by atoms with Crippen molar-refractivity contribution in [2.24, 2.45) is 0 Å². The number of nitrogens with zero attached hydrogens (tertiary/aromatic N) is 1. The summed E-state index contributed by atoms with van der Waals surface area (Å²) in [5.41, 5.74) is 1.32. The SMILES string of the molecule is Cc1ccccc1N1C(=O)S[C@@H](CC(=O)O)C1=O. The molecule has 1 aromatic rings. The molecule has 2 rings (SSSR count). The van der Waals surface area contributed by atoms with Gasteiger partial charge in [-0.15, -0.1) is 0 Å². The van der Waals surface area contributed by atoms with Gasteiger partial charge in [0, 0.05) is 0 Å². The van der Waals surface area contributed by atoms with Gasteiger partial charge in [0.05, 0.1) is 12.1 Å². The van der Waals surface area contributed by atoms with Gasteiger partial charge in [-0.2, -0.15) is 0 Å². The minimum Gasteiger partial charge on any atom is -0.481 e. The number of anilines is 1. The first-order valence-corrected chi connectivity index (χ1v) is 6.20. The normalized spacial score (nSPS) is 19.4. The Morgan fingerprint density at radius 3 is 2.67 bits per heavy atom. The third-order valence-electron chi connectivity index (χ3n) is 2.64. The van der Waals surface area contributed by atoms with E-state index in [4.69, 9.17) is 5.11 Å². The lowest BCUT2D eigenvalue weighted by atomic mass is 10.1. The Morgan fingerprint density at radius 2 is 2.06 bits per heavy atom. The summed E-state index contributed by atoms with van der Waals surface area (Å²) in [5, 5.41) is 7.45. The molecule has 1 heterocycles. The fraction of sp³-hybridized carbons (Fsp3) is 0.250. The molecule has 2 amide bonds. The molecule has 18 heavy (non-hydrogen) atoms. The molecule has 0 radical (unpaired) electrons. The fourth-order valence-corrected chi connectivity index (χ4v) is 2.75. The molecule has 1 saturated heterocycles. The number of para-hydroxylation sites is 1. The second-order valence-electron chi connectivity index (χ2n) is 3.93. The predicted octanol–water partition coefficient (Wildman–Crippen LogP) is 2.04. The molecule has 1 atom stereocenters. The van der Waals surface area contributed by atoms with Crippen molar-refractivity contribution >= 4 is 34.6 Å². The van der Waals surface area contributed by atoms with Gasteiger partial charge in [-0.3, -0.25) is 14.4 Å². The number of aliphatic carboxylic acids is 1. The first-order valence-electron chi connectivity index (χ1n) is 5.32. The van der Waals surface area contributed by atoms with Crippen molar-refractivity contribution in [2.45, 2.75) is 18.6 Å². The maximum absolute atomic E-state index is 12.0. The number of amides is 2. The maximum Gasteiger partial charge on any atom is 0.305 e. The van der Waals surface area contributed by atoms with Gasteiger partial charge in [0.1, 0.15) is 5.25 Å². The highest BCUT2D eigenvalue weighted by atomic mass is 32.2. The van der Waals surface area contributed by atoms with Gasteiger partial charge in [0.15, 0.2) is 0 Å². The highest BCUT2D eigenvalue weighted by molar-refractivity contribution is 8.15. The summed E-state index contributed by atoms with van der Waals surface area (Å²) in [6.07, 6.45) is -0.336. The third-order valence-corrected chi connectivity index (χ3v) is 3.67. The number of carbonyl (C=O) groups is 3. The van der Waals surface area contributed by atoms with E-state index >= 15 is 0 Å². The summed E-state index contributed by atoms with van der Waals surface area (Å²) in [4.78, 5) is 35.5.